The molecule has 0 unspecified atom stereocenters. The van der Waals surface area contributed by atoms with Crippen LogP contribution in [-0.2, 0) is 23.1 Å². The van der Waals surface area contributed by atoms with E-state index in [0.717, 1.165) is 0 Å². The molecule has 1 aliphatic rings. The van der Waals surface area contributed by atoms with Gasteiger partial charge in [-0.25, -0.2) is 4.98 Å². The number of hydrogen-bond donors (Lipinski definition) is 2. The first-order chi connectivity index (χ1) is 15.3. The van der Waals surface area contributed by atoms with Crippen LogP contribution in [0.2, 0.25) is 5.15 Å². The van der Waals surface area contributed by atoms with E-state index in [0.29, 0.717) is 16.7 Å². The number of methoxy groups -OCH3 is 1. The van der Waals surface area contributed by atoms with Gasteiger partial charge in [-0.15, -0.1) is 0 Å². The second-order valence-electron chi connectivity index (χ2n) is 8.69. The molecule has 0 saturated heterocycles. The first-order valence-corrected chi connectivity index (χ1v) is 12.6. The van der Waals surface area contributed by atoms with Gasteiger partial charge in [-0.05, 0) is 40.2 Å². The van der Waals surface area contributed by atoms with E-state index in [1.54, 1.807) is 39.2 Å². The average Bonchev–Trinajstić information content (AvgIpc) is 3.14. The number of hydrogen-bond acceptors (Lipinski definition) is 10. The fourth-order valence-corrected chi connectivity index (χ4v) is 6.21. The highest BCUT2D eigenvalue weighted by molar-refractivity contribution is 7.53. The molecular weight excluding hydrogens is 473 g/mol. The third-order valence-corrected chi connectivity index (χ3v) is 7.42. The van der Waals surface area contributed by atoms with Crippen molar-refractivity contribution in [1.29, 1.82) is 0 Å². The summed E-state index contributed by atoms with van der Waals surface area (Å²) >= 11 is 6.16. The number of aromatic nitrogens is 4. The average molecular weight is 504 g/mol. The van der Waals surface area contributed by atoms with Crippen molar-refractivity contribution >= 4 is 36.3 Å². The van der Waals surface area contributed by atoms with Gasteiger partial charge >= 0.3 is 7.60 Å². The quantitative estimate of drug-likeness (QED) is 0.297. The first-order valence-electron chi connectivity index (χ1n) is 10.5. The van der Waals surface area contributed by atoms with Crippen molar-refractivity contribution in [2.75, 3.05) is 19.2 Å². The summed E-state index contributed by atoms with van der Waals surface area (Å²) in [6.45, 7) is 12.8. The summed E-state index contributed by atoms with van der Waals surface area (Å²) in [5, 5.41) is 11.6. The molecular formula is C20H31ClN5O6P. The minimum atomic E-state index is -3.60. The molecule has 0 aliphatic heterocycles. The summed E-state index contributed by atoms with van der Waals surface area (Å²) < 4.78 is 37.6. The van der Waals surface area contributed by atoms with Crippen LogP contribution in [0.25, 0.3) is 11.2 Å². The van der Waals surface area contributed by atoms with Crippen molar-refractivity contribution in [3.05, 3.63) is 23.6 Å². The van der Waals surface area contributed by atoms with Gasteiger partial charge < -0.3 is 33.9 Å². The van der Waals surface area contributed by atoms with E-state index in [4.69, 9.17) is 35.9 Å². The second-order valence-corrected chi connectivity index (χ2v) is 11.0. The van der Waals surface area contributed by atoms with Crippen LogP contribution in [0.15, 0.2) is 18.5 Å². The molecule has 0 amide bonds. The van der Waals surface area contributed by atoms with E-state index in [2.05, 4.69) is 21.5 Å². The van der Waals surface area contributed by atoms with Gasteiger partial charge in [0.2, 0.25) is 5.95 Å². The number of fused-ring (bicyclic) bond motifs is 1. The van der Waals surface area contributed by atoms with Crippen molar-refractivity contribution in [2.24, 2.45) is 0 Å². The monoisotopic (exact) mass is 503 g/mol. The molecule has 3 N–H and O–H groups in total. The smallest absolute Gasteiger partial charge is 0.356 e. The van der Waals surface area contributed by atoms with Crippen molar-refractivity contribution in [2.45, 2.75) is 70.7 Å². The maximum atomic E-state index is 13.3. The van der Waals surface area contributed by atoms with E-state index in [9.17, 15) is 9.67 Å². The van der Waals surface area contributed by atoms with Gasteiger partial charge in [0.15, 0.2) is 10.8 Å². The lowest BCUT2D eigenvalue weighted by Gasteiger charge is -2.31. The number of imidazole rings is 1. The second kappa shape index (κ2) is 9.58. The summed E-state index contributed by atoms with van der Waals surface area (Å²) in [5.74, 6) is -0.0359. The predicted octanol–water partition coefficient (Wildman–Crippen LogP) is 3.32. The number of anilines is 1. The summed E-state index contributed by atoms with van der Waals surface area (Å²) in [6.07, 6.45) is -1.24. The molecule has 184 valence electrons. The summed E-state index contributed by atoms with van der Waals surface area (Å²) in [5.41, 5.74) is 5.38. The maximum absolute atomic E-state index is 13.3. The first kappa shape index (κ1) is 26.0. The number of halogens is 1. The largest absolute Gasteiger partial charge is 0.385 e. The third kappa shape index (κ3) is 5.09. The van der Waals surface area contributed by atoms with Crippen LogP contribution in [0.3, 0.4) is 0 Å². The molecule has 1 aliphatic carbocycles. The molecule has 0 bridgehead atoms. The topological polar surface area (TPSA) is 144 Å². The van der Waals surface area contributed by atoms with Gasteiger partial charge in [0, 0.05) is 7.11 Å². The highest BCUT2D eigenvalue weighted by Crippen LogP contribution is 2.53. The molecule has 0 aromatic carbocycles. The molecule has 3 rings (SSSR count). The van der Waals surface area contributed by atoms with Crippen LogP contribution >= 0.6 is 19.2 Å². The van der Waals surface area contributed by atoms with Crippen LogP contribution in [0.1, 0.15) is 40.7 Å². The number of nitrogen functional groups attached to an aromatic ring is 1. The number of nitrogens with two attached hydrogens (primary N) is 1. The lowest BCUT2D eigenvalue weighted by molar-refractivity contribution is -0.117. The number of aliphatic hydroxyl groups is 1. The molecule has 2 aromatic rings. The fourth-order valence-electron chi connectivity index (χ4n) is 4.19. The summed E-state index contributed by atoms with van der Waals surface area (Å²) in [7, 11) is -2.15. The lowest BCUT2D eigenvalue weighted by Crippen LogP contribution is -2.45. The Morgan fingerprint density at radius 2 is 1.91 bits per heavy atom. The van der Waals surface area contributed by atoms with Gasteiger partial charge in [-0.1, -0.05) is 18.2 Å². The Morgan fingerprint density at radius 3 is 2.45 bits per heavy atom. The Bertz CT molecular complexity index is 1060. The number of ether oxygens (including phenoxy) is 2. The van der Waals surface area contributed by atoms with Gasteiger partial charge in [0.1, 0.15) is 29.7 Å². The van der Waals surface area contributed by atoms with Gasteiger partial charge in [-0.3, -0.25) is 4.57 Å². The van der Waals surface area contributed by atoms with Gasteiger partial charge in [-0.2, -0.15) is 9.97 Å². The Balaban J connectivity index is 1.96. The maximum Gasteiger partial charge on any atom is 0.356 e. The van der Waals surface area contributed by atoms with Gasteiger partial charge in [0.25, 0.3) is 0 Å². The Labute approximate surface area is 197 Å². The zero-order valence-electron chi connectivity index (χ0n) is 19.6. The predicted molar refractivity (Wildman–Crippen MR) is 124 cm³/mol. The fraction of sp³-hybridized carbons (Fsp3) is 0.650. The Hall–Kier alpha value is -1.59. The zero-order chi connectivity index (χ0) is 24.7. The molecule has 2 heterocycles. The number of rotatable bonds is 9. The molecule has 33 heavy (non-hydrogen) atoms. The van der Waals surface area contributed by atoms with Crippen molar-refractivity contribution in [3.8, 4) is 0 Å². The van der Waals surface area contributed by atoms with Crippen molar-refractivity contribution in [3.63, 3.8) is 0 Å². The highest BCUT2D eigenvalue weighted by Gasteiger charge is 2.56. The minimum absolute atomic E-state index is 0.0359. The van der Waals surface area contributed by atoms with E-state index >= 15 is 0 Å². The van der Waals surface area contributed by atoms with E-state index in [1.807, 2.05) is 0 Å². The van der Waals surface area contributed by atoms with Crippen LogP contribution in [0.5, 0.6) is 0 Å². The SMILES string of the molecule is C=C1[C@H](OCP(=O)(OC(C)C)OC(C)C)[C@@H](OC)[C@@](C)(O)[C@@H]1n1cnc2c(Cl)nc(N)nc21. The van der Waals surface area contributed by atoms with Crippen molar-refractivity contribution in [1.82, 2.24) is 19.5 Å². The Kier molecular flexibility index (Phi) is 7.55. The normalized spacial score (nSPS) is 26.2. The molecule has 0 radical (unpaired) electrons. The summed E-state index contributed by atoms with van der Waals surface area (Å²) in [6, 6.07) is -0.765. The van der Waals surface area contributed by atoms with E-state index in [-0.39, 0.29) is 29.7 Å². The zero-order valence-corrected chi connectivity index (χ0v) is 21.2. The van der Waals surface area contributed by atoms with Crippen LogP contribution < -0.4 is 5.73 Å². The molecule has 1 saturated carbocycles. The molecule has 1 fully saturated rings. The standard InChI is InChI=1S/C20H31ClN5O6P/c1-10(2)31-33(28,32-11(3)4)9-30-14-12(5)15(20(6,27)16(14)29-7)26-8-23-13-17(21)24-19(22)25-18(13)26/h8,10-11,14-16,27H,5,9H2,1-4,6-7H3,(H2,22,24,25)/t14-,15+,16+,20-/m0/s1. The van der Waals surface area contributed by atoms with E-state index in [1.165, 1.54) is 13.4 Å². The van der Waals surface area contributed by atoms with Crippen molar-refractivity contribution < 1.29 is 28.2 Å². The van der Waals surface area contributed by atoms with Crippen LogP contribution in [0.4, 0.5) is 5.95 Å². The van der Waals surface area contributed by atoms with Crippen LogP contribution in [0, 0.1) is 0 Å². The Morgan fingerprint density at radius 1 is 1.30 bits per heavy atom. The number of nitrogens with zero attached hydrogens (tertiary/aromatic N) is 4. The molecule has 2 aromatic heterocycles. The van der Waals surface area contributed by atoms with Gasteiger partial charge in [0.05, 0.1) is 24.6 Å². The van der Waals surface area contributed by atoms with E-state index < -0.39 is 31.4 Å². The molecule has 0 spiro atoms. The third-order valence-electron chi connectivity index (χ3n) is 5.20. The minimum Gasteiger partial charge on any atom is -0.385 e. The summed E-state index contributed by atoms with van der Waals surface area (Å²) in [4.78, 5) is 12.4. The van der Waals surface area contributed by atoms with Crippen LogP contribution in [-0.4, -0.2) is 68.1 Å². The highest BCUT2D eigenvalue weighted by atomic mass is 35.5. The molecule has 13 heteroatoms. The lowest BCUT2D eigenvalue weighted by atomic mass is 9.97. The molecule has 11 nitrogen and oxygen atoms in total. The molecule has 4 atom stereocenters.